The van der Waals surface area contributed by atoms with Crippen LogP contribution in [-0.4, -0.2) is 61.9 Å². The number of aliphatic hydroxyl groups is 3. The molecule has 262 valence electrons. The molecule has 4 rings (SSSR count). The third-order valence-electron chi connectivity index (χ3n) is 12.3. The number of ketones is 2. The van der Waals surface area contributed by atoms with Gasteiger partial charge >= 0.3 is 5.97 Å². The standard InChI is InChI=1S/C22H29FO5.C16H32O2/c1-12-8-16-15-5-4-13-9-14(25)6-7-19(13,2)21(15,23)17(26)10-20(16,3)22(12,28)18(27)11-24;1-2-3-4-5-6-7-8-9-10-11-12-13-14-15-16(17)18/h6-7,9,12,15-17,24,26,28H,4-5,8,10-11H2,1-3H3;2-15H2,1H3,(H,17,18)/t12-,15-,16-,17-,19-,20-,21-,22-;/m0./s1. The summed E-state index contributed by atoms with van der Waals surface area (Å²) in [5.41, 5.74) is -5.17. The monoisotopic (exact) mass is 648 g/mol. The highest BCUT2D eigenvalue weighted by Gasteiger charge is 2.75. The first kappa shape index (κ1) is 38.5. The molecule has 0 amide bonds. The Morgan fingerprint density at radius 1 is 0.935 bits per heavy atom. The number of carbonyl (C=O) groups excluding carboxylic acids is 2. The largest absolute Gasteiger partial charge is 0.481 e. The molecule has 4 N–H and O–H groups in total. The van der Waals surface area contributed by atoms with Gasteiger partial charge in [0, 0.05) is 23.2 Å². The van der Waals surface area contributed by atoms with Crippen LogP contribution in [0.5, 0.6) is 0 Å². The number of aliphatic carboxylic acids is 1. The van der Waals surface area contributed by atoms with Crippen molar-refractivity contribution in [3.8, 4) is 0 Å². The van der Waals surface area contributed by atoms with Gasteiger partial charge in [-0.1, -0.05) is 109 Å². The zero-order valence-corrected chi connectivity index (χ0v) is 28.9. The molecule has 8 atom stereocenters. The Kier molecular flexibility index (Phi) is 13.8. The van der Waals surface area contributed by atoms with Gasteiger partial charge in [0.15, 0.2) is 17.2 Å². The molecule has 0 aliphatic heterocycles. The van der Waals surface area contributed by atoms with Gasteiger partial charge in [-0.25, -0.2) is 4.39 Å². The van der Waals surface area contributed by atoms with Gasteiger partial charge in [-0.2, -0.15) is 0 Å². The molecule has 0 unspecified atom stereocenters. The number of carboxylic acid groups (broad SMARTS) is 1. The molecule has 0 aromatic heterocycles. The van der Waals surface area contributed by atoms with Gasteiger partial charge in [-0.3, -0.25) is 14.4 Å². The molecule has 4 aliphatic carbocycles. The highest BCUT2D eigenvalue weighted by atomic mass is 19.1. The van der Waals surface area contributed by atoms with Crippen LogP contribution in [-0.2, 0) is 14.4 Å². The first-order valence-corrected chi connectivity index (χ1v) is 18.1. The van der Waals surface area contributed by atoms with E-state index in [9.17, 15) is 29.7 Å². The van der Waals surface area contributed by atoms with Crippen molar-refractivity contribution in [1.29, 1.82) is 0 Å². The van der Waals surface area contributed by atoms with Gasteiger partial charge in [-0.05, 0) is 63.0 Å². The number of unbranched alkanes of at least 4 members (excludes halogenated alkanes) is 12. The van der Waals surface area contributed by atoms with Crippen molar-refractivity contribution in [2.45, 2.75) is 161 Å². The molecular weight excluding hydrogens is 587 g/mol. The predicted molar refractivity (Wildman–Crippen MR) is 178 cm³/mol. The summed E-state index contributed by atoms with van der Waals surface area (Å²) in [6.07, 6.45) is 21.7. The summed E-state index contributed by atoms with van der Waals surface area (Å²) >= 11 is 0. The lowest BCUT2D eigenvalue weighted by atomic mass is 9.44. The Labute approximate surface area is 276 Å². The number of carbonyl (C=O) groups is 3. The molecule has 0 spiro atoms. The summed E-state index contributed by atoms with van der Waals surface area (Å²) in [4.78, 5) is 34.7. The van der Waals surface area contributed by atoms with Crippen molar-refractivity contribution in [3.05, 3.63) is 23.8 Å². The lowest BCUT2D eigenvalue weighted by molar-refractivity contribution is -0.219. The maximum Gasteiger partial charge on any atom is 0.303 e. The van der Waals surface area contributed by atoms with E-state index in [0.717, 1.165) is 12.8 Å². The van der Waals surface area contributed by atoms with Gasteiger partial charge in [0.1, 0.15) is 12.2 Å². The van der Waals surface area contributed by atoms with E-state index in [0.29, 0.717) is 31.3 Å². The Morgan fingerprint density at radius 3 is 2.00 bits per heavy atom. The topological polar surface area (TPSA) is 132 Å². The van der Waals surface area contributed by atoms with Crippen molar-refractivity contribution in [3.63, 3.8) is 0 Å². The molecule has 0 radical (unpaired) electrons. The molecule has 3 saturated carbocycles. The smallest absolute Gasteiger partial charge is 0.303 e. The van der Waals surface area contributed by atoms with Crippen LogP contribution >= 0.6 is 0 Å². The van der Waals surface area contributed by atoms with E-state index in [4.69, 9.17) is 5.11 Å². The van der Waals surface area contributed by atoms with E-state index in [1.165, 1.54) is 82.8 Å². The number of aliphatic hydroxyl groups excluding tert-OH is 2. The normalized spacial score (nSPS) is 36.2. The van der Waals surface area contributed by atoms with Crippen molar-refractivity contribution >= 4 is 17.5 Å². The average Bonchev–Trinajstić information content (AvgIpc) is 3.21. The third-order valence-corrected chi connectivity index (χ3v) is 12.3. The lowest BCUT2D eigenvalue weighted by Crippen LogP contribution is -2.69. The van der Waals surface area contributed by atoms with Crippen LogP contribution in [0.2, 0.25) is 0 Å². The van der Waals surface area contributed by atoms with Crippen molar-refractivity contribution in [2.24, 2.45) is 28.6 Å². The second-order valence-corrected chi connectivity index (χ2v) is 15.1. The minimum atomic E-state index is -1.98. The maximum atomic E-state index is 16.9. The van der Waals surface area contributed by atoms with E-state index in [-0.39, 0.29) is 18.1 Å². The van der Waals surface area contributed by atoms with Crippen LogP contribution in [0.25, 0.3) is 0 Å². The molecule has 0 aromatic carbocycles. The van der Waals surface area contributed by atoms with Crippen LogP contribution in [0.15, 0.2) is 23.8 Å². The van der Waals surface area contributed by atoms with E-state index in [1.807, 2.05) is 0 Å². The Bertz CT molecular complexity index is 1120. The number of fused-ring (bicyclic) bond motifs is 5. The number of halogens is 1. The SMILES string of the molecule is CCCCCCCCCCCCCCCC(=O)O.C[C@H]1C[C@H]2[C@@H]3CCC4=CC(=O)C=C[C@]4(C)[C@@]3(F)[C@@H](O)C[C@]2(C)[C@@]1(O)C(=O)CO. The van der Waals surface area contributed by atoms with Crippen molar-refractivity contribution in [2.75, 3.05) is 6.61 Å². The summed E-state index contributed by atoms with van der Waals surface area (Å²) < 4.78 is 16.9. The van der Waals surface area contributed by atoms with E-state index in [1.54, 1.807) is 26.8 Å². The molecule has 0 saturated heterocycles. The summed E-state index contributed by atoms with van der Waals surface area (Å²) in [6.45, 7) is 6.74. The van der Waals surface area contributed by atoms with Crippen LogP contribution in [0.4, 0.5) is 4.39 Å². The predicted octanol–water partition coefficient (Wildman–Crippen LogP) is 7.45. The fourth-order valence-corrected chi connectivity index (χ4v) is 9.56. The highest BCUT2D eigenvalue weighted by molar-refractivity contribution is 6.01. The quantitative estimate of drug-likeness (QED) is 0.128. The summed E-state index contributed by atoms with van der Waals surface area (Å²) in [7, 11) is 0. The first-order valence-electron chi connectivity index (χ1n) is 18.1. The van der Waals surface area contributed by atoms with Crippen LogP contribution < -0.4 is 0 Å². The molecule has 4 aliphatic rings. The number of carboxylic acids is 1. The molecule has 3 fully saturated rings. The first-order chi connectivity index (χ1) is 21.7. The van der Waals surface area contributed by atoms with Gasteiger partial charge in [-0.15, -0.1) is 0 Å². The van der Waals surface area contributed by atoms with E-state index >= 15 is 4.39 Å². The zero-order chi connectivity index (χ0) is 34.2. The molecular formula is C38H61FO7. The Morgan fingerprint density at radius 2 is 1.48 bits per heavy atom. The fourth-order valence-electron chi connectivity index (χ4n) is 9.56. The van der Waals surface area contributed by atoms with Crippen LogP contribution in [0, 0.1) is 28.6 Å². The number of hydrogen-bond donors (Lipinski definition) is 4. The summed E-state index contributed by atoms with van der Waals surface area (Å²) in [5.74, 6) is -2.77. The minimum absolute atomic E-state index is 0.0676. The number of Topliss-reactive ketones (excluding diaryl/α,β-unsaturated/α-hetero) is 1. The fraction of sp³-hybridized carbons (Fsp3) is 0.816. The molecule has 0 bridgehead atoms. The zero-order valence-electron chi connectivity index (χ0n) is 28.9. The molecule has 0 heterocycles. The molecule has 46 heavy (non-hydrogen) atoms. The van der Waals surface area contributed by atoms with Crippen LogP contribution in [0.3, 0.4) is 0 Å². The second kappa shape index (κ2) is 16.5. The number of alkyl halides is 1. The highest BCUT2D eigenvalue weighted by Crippen LogP contribution is 2.70. The molecule has 0 aromatic rings. The number of rotatable bonds is 16. The molecule has 7 nitrogen and oxygen atoms in total. The lowest BCUT2D eigenvalue weighted by Gasteiger charge is -2.62. The minimum Gasteiger partial charge on any atom is -0.481 e. The van der Waals surface area contributed by atoms with Gasteiger partial charge in [0.25, 0.3) is 0 Å². The summed E-state index contributed by atoms with van der Waals surface area (Å²) in [6, 6.07) is 0. The second-order valence-electron chi connectivity index (χ2n) is 15.1. The van der Waals surface area contributed by atoms with Crippen molar-refractivity contribution < 1.29 is 39.2 Å². The van der Waals surface area contributed by atoms with Crippen LogP contribution in [0.1, 0.15) is 143 Å². The van der Waals surface area contributed by atoms with E-state index in [2.05, 4.69) is 6.92 Å². The third kappa shape index (κ3) is 7.54. The van der Waals surface area contributed by atoms with E-state index < -0.39 is 58.4 Å². The maximum absolute atomic E-state index is 16.9. The molecule has 8 heteroatoms. The van der Waals surface area contributed by atoms with Gasteiger partial charge in [0.2, 0.25) is 0 Å². The van der Waals surface area contributed by atoms with Gasteiger partial charge in [0.05, 0.1) is 6.10 Å². The summed E-state index contributed by atoms with van der Waals surface area (Å²) in [5, 5.41) is 40.5. The Balaban J connectivity index is 0.000000280. The number of hydrogen-bond acceptors (Lipinski definition) is 6. The van der Waals surface area contributed by atoms with Gasteiger partial charge < -0.3 is 20.4 Å². The van der Waals surface area contributed by atoms with Crippen molar-refractivity contribution in [1.82, 2.24) is 0 Å². The number of allylic oxidation sites excluding steroid dienone is 4. The average molecular weight is 649 g/mol. The Hall–Kier alpha value is -1.90.